The highest BCUT2D eigenvalue weighted by Crippen LogP contribution is 2.36. The lowest BCUT2D eigenvalue weighted by Gasteiger charge is -2.42. The minimum Gasteiger partial charge on any atom is -0.404 e. The summed E-state index contributed by atoms with van der Waals surface area (Å²) < 4.78 is 6.84. The van der Waals surface area contributed by atoms with Crippen LogP contribution in [0.15, 0.2) is 97.1 Å². The molecule has 0 radical (unpaired) electrons. The second-order valence-corrected chi connectivity index (χ2v) is 12.1. The van der Waals surface area contributed by atoms with Crippen molar-refractivity contribution in [3.63, 3.8) is 0 Å². The minimum atomic E-state index is -2.44. The Morgan fingerprint density at radius 1 is 0.704 bits per heavy atom. The third-order valence-corrected chi connectivity index (χ3v) is 9.93. The molecule has 0 N–H and O–H groups in total. The van der Waals surface area contributed by atoms with Crippen molar-refractivity contribution in [1.82, 2.24) is 0 Å². The molecule has 2 heteroatoms. The molecule has 0 atom stereocenters. The molecule has 0 aliphatic rings. The van der Waals surface area contributed by atoms with Gasteiger partial charge in [0.05, 0.1) is 6.61 Å². The molecule has 0 fully saturated rings. The van der Waals surface area contributed by atoms with Crippen LogP contribution in [-0.2, 0) is 4.43 Å². The highest BCUT2D eigenvalue weighted by Gasteiger charge is 2.49. The summed E-state index contributed by atoms with van der Waals surface area (Å²) in [5.41, 5.74) is 1.20. The number of rotatable bonds is 6. The average molecular weight is 373 g/mol. The van der Waals surface area contributed by atoms with E-state index < -0.39 is 8.32 Å². The quantitative estimate of drug-likeness (QED) is 0.535. The third-order valence-electron chi connectivity index (χ3n) is 4.92. The monoisotopic (exact) mass is 372 g/mol. The first-order chi connectivity index (χ1) is 13.0. The van der Waals surface area contributed by atoms with E-state index in [-0.39, 0.29) is 5.04 Å². The summed E-state index contributed by atoms with van der Waals surface area (Å²) in [6.07, 6.45) is 4.27. The molecule has 0 aromatic heterocycles. The van der Waals surface area contributed by atoms with Gasteiger partial charge in [0.15, 0.2) is 0 Å². The van der Waals surface area contributed by atoms with Crippen LogP contribution in [0.1, 0.15) is 26.3 Å². The van der Waals surface area contributed by atoms with Crippen LogP contribution in [0.25, 0.3) is 6.08 Å². The molecule has 0 saturated heterocycles. The SMILES string of the molecule is CC(C)(C)[Si](OC/C=C/c1ccccc1)(c1ccccc1)c1ccccc1. The van der Waals surface area contributed by atoms with E-state index in [9.17, 15) is 0 Å². The predicted molar refractivity (Wildman–Crippen MR) is 119 cm³/mol. The first-order valence-electron chi connectivity index (χ1n) is 9.51. The second-order valence-electron chi connectivity index (χ2n) is 7.79. The fourth-order valence-corrected chi connectivity index (χ4v) is 8.18. The molecule has 0 saturated carbocycles. The molecular weight excluding hydrogens is 344 g/mol. The molecular formula is C25H28OSi. The summed E-state index contributed by atoms with van der Waals surface area (Å²) in [5.74, 6) is 0. The Bertz CT molecular complexity index is 810. The Morgan fingerprint density at radius 2 is 1.15 bits per heavy atom. The van der Waals surface area contributed by atoms with Crippen molar-refractivity contribution in [2.45, 2.75) is 25.8 Å². The molecule has 3 rings (SSSR count). The van der Waals surface area contributed by atoms with Crippen LogP contribution in [0.3, 0.4) is 0 Å². The van der Waals surface area contributed by atoms with Gasteiger partial charge in [-0.05, 0) is 21.0 Å². The summed E-state index contributed by atoms with van der Waals surface area (Å²) >= 11 is 0. The summed E-state index contributed by atoms with van der Waals surface area (Å²) in [4.78, 5) is 0. The first-order valence-corrected chi connectivity index (χ1v) is 11.4. The lowest BCUT2D eigenvalue weighted by atomic mass is 10.2. The smallest absolute Gasteiger partial charge is 0.261 e. The van der Waals surface area contributed by atoms with Crippen LogP contribution >= 0.6 is 0 Å². The summed E-state index contributed by atoms with van der Waals surface area (Å²) in [6.45, 7) is 7.52. The average Bonchev–Trinajstić information content (AvgIpc) is 2.69. The van der Waals surface area contributed by atoms with E-state index in [0.717, 1.165) is 0 Å². The maximum absolute atomic E-state index is 6.84. The van der Waals surface area contributed by atoms with E-state index in [0.29, 0.717) is 6.61 Å². The predicted octanol–water partition coefficient (Wildman–Crippen LogP) is 5.28. The topological polar surface area (TPSA) is 9.23 Å². The molecule has 1 nitrogen and oxygen atoms in total. The van der Waals surface area contributed by atoms with Gasteiger partial charge in [-0.25, -0.2) is 0 Å². The fourth-order valence-electron chi connectivity index (χ4n) is 3.68. The molecule has 0 aliphatic heterocycles. The highest BCUT2D eigenvalue weighted by molar-refractivity contribution is 6.99. The summed E-state index contributed by atoms with van der Waals surface area (Å²) in [7, 11) is -2.44. The maximum atomic E-state index is 6.84. The zero-order valence-electron chi connectivity index (χ0n) is 16.4. The van der Waals surface area contributed by atoms with E-state index in [4.69, 9.17) is 4.43 Å². The van der Waals surface area contributed by atoms with Gasteiger partial charge >= 0.3 is 0 Å². The number of benzene rings is 3. The number of hydrogen-bond donors (Lipinski definition) is 0. The molecule has 0 unspecified atom stereocenters. The van der Waals surface area contributed by atoms with E-state index in [1.54, 1.807) is 0 Å². The molecule has 138 valence electrons. The second kappa shape index (κ2) is 8.51. The van der Waals surface area contributed by atoms with Gasteiger partial charge < -0.3 is 4.43 Å². The van der Waals surface area contributed by atoms with Crippen molar-refractivity contribution in [1.29, 1.82) is 0 Å². The molecule has 0 spiro atoms. The van der Waals surface area contributed by atoms with Crippen LogP contribution in [-0.4, -0.2) is 14.9 Å². The maximum Gasteiger partial charge on any atom is 0.261 e. The Kier molecular flexibility index (Phi) is 6.10. The molecule has 0 amide bonds. The summed E-state index contributed by atoms with van der Waals surface area (Å²) in [6, 6.07) is 31.9. The van der Waals surface area contributed by atoms with E-state index in [1.807, 2.05) is 6.07 Å². The van der Waals surface area contributed by atoms with Gasteiger partial charge in [0, 0.05) is 0 Å². The van der Waals surface area contributed by atoms with Crippen molar-refractivity contribution in [2.75, 3.05) is 6.61 Å². The van der Waals surface area contributed by atoms with Crippen molar-refractivity contribution in [2.24, 2.45) is 0 Å². The van der Waals surface area contributed by atoms with E-state index >= 15 is 0 Å². The molecule has 0 heterocycles. The van der Waals surface area contributed by atoms with Gasteiger partial charge in [-0.1, -0.05) is 124 Å². The van der Waals surface area contributed by atoms with Crippen molar-refractivity contribution in [3.05, 3.63) is 103 Å². The Balaban J connectivity index is 1.98. The lowest BCUT2D eigenvalue weighted by Crippen LogP contribution is -2.66. The van der Waals surface area contributed by atoms with Gasteiger partial charge in [-0.2, -0.15) is 0 Å². The fraction of sp³-hybridized carbons (Fsp3) is 0.200. The van der Waals surface area contributed by atoms with E-state index in [1.165, 1.54) is 15.9 Å². The van der Waals surface area contributed by atoms with Crippen LogP contribution in [0.4, 0.5) is 0 Å². The van der Waals surface area contributed by atoms with Crippen LogP contribution in [0.2, 0.25) is 5.04 Å². The minimum absolute atomic E-state index is 0.0102. The standard InChI is InChI=1S/C25H28OSi/c1-25(2,3)27(23-17-9-5-10-18-23,24-19-11-6-12-20-24)26-21-13-16-22-14-7-4-8-15-22/h4-20H,21H2,1-3H3/b16-13+. The van der Waals surface area contributed by atoms with Crippen molar-refractivity contribution in [3.8, 4) is 0 Å². The summed E-state index contributed by atoms with van der Waals surface area (Å²) in [5, 5.41) is 2.64. The first kappa shape index (κ1) is 19.3. The third kappa shape index (κ3) is 4.29. The van der Waals surface area contributed by atoms with Crippen LogP contribution < -0.4 is 10.4 Å². The highest BCUT2D eigenvalue weighted by atomic mass is 28.4. The van der Waals surface area contributed by atoms with Crippen LogP contribution in [0.5, 0.6) is 0 Å². The Morgan fingerprint density at radius 3 is 1.59 bits per heavy atom. The van der Waals surface area contributed by atoms with Gasteiger partial charge in [0.25, 0.3) is 8.32 Å². The zero-order valence-corrected chi connectivity index (χ0v) is 17.4. The Hall–Kier alpha value is -2.42. The molecule has 3 aromatic rings. The van der Waals surface area contributed by atoms with Crippen molar-refractivity contribution >= 4 is 24.8 Å². The van der Waals surface area contributed by atoms with Gasteiger partial charge in [-0.15, -0.1) is 0 Å². The lowest BCUT2D eigenvalue weighted by molar-refractivity contribution is 0.340. The number of hydrogen-bond acceptors (Lipinski definition) is 1. The molecule has 3 aromatic carbocycles. The normalized spacial score (nSPS) is 12.4. The largest absolute Gasteiger partial charge is 0.404 e. The molecule has 0 aliphatic carbocycles. The van der Waals surface area contributed by atoms with Gasteiger partial charge in [0.1, 0.15) is 0 Å². The Labute approximate surface area is 164 Å². The van der Waals surface area contributed by atoms with Gasteiger partial charge in [-0.3, -0.25) is 0 Å². The zero-order chi connectivity index (χ0) is 19.2. The van der Waals surface area contributed by atoms with Crippen molar-refractivity contribution < 1.29 is 4.43 Å². The van der Waals surface area contributed by atoms with Gasteiger partial charge in [0.2, 0.25) is 0 Å². The van der Waals surface area contributed by atoms with Crippen LogP contribution in [0, 0.1) is 0 Å². The van der Waals surface area contributed by atoms with E-state index in [2.05, 4.69) is 118 Å². The molecule has 0 bridgehead atoms. The molecule has 27 heavy (non-hydrogen) atoms.